The molecule has 2 aliphatic rings. The lowest BCUT2D eigenvalue weighted by molar-refractivity contribution is 0.305. The standard InChI is InChI=1S/C8H15N/c1-7-2-5-9-8(6-7)3-4-8/h7,9H,2-6H2,1H3/t7-/m0/s1. The molecule has 1 saturated heterocycles. The minimum Gasteiger partial charge on any atom is -0.311 e. The second-order valence-corrected chi connectivity index (χ2v) is 3.81. The summed E-state index contributed by atoms with van der Waals surface area (Å²) in [7, 11) is 0. The molecule has 9 heavy (non-hydrogen) atoms. The molecular weight excluding hydrogens is 110 g/mol. The molecule has 1 aliphatic heterocycles. The largest absolute Gasteiger partial charge is 0.311 e. The summed E-state index contributed by atoms with van der Waals surface area (Å²) in [5.41, 5.74) is 0.650. The van der Waals surface area contributed by atoms with Gasteiger partial charge >= 0.3 is 0 Å². The normalized spacial score (nSPS) is 39.0. The summed E-state index contributed by atoms with van der Waals surface area (Å²) in [4.78, 5) is 0. The quantitative estimate of drug-likeness (QED) is 0.518. The molecule has 1 atom stereocenters. The molecule has 52 valence electrons. The molecule has 1 N–H and O–H groups in total. The van der Waals surface area contributed by atoms with E-state index in [2.05, 4.69) is 12.2 Å². The molecule has 0 unspecified atom stereocenters. The first-order valence-electron chi connectivity index (χ1n) is 4.06. The Bertz CT molecular complexity index is 116. The van der Waals surface area contributed by atoms with Crippen LogP contribution in [0.4, 0.5) is 0 Å². The van der Waals surface area contributed by atoms with Gasteiger partial charge < -0.3 is 5.32 Å². The maximum Gasteiger partial charge on any atom is 0.0185 e. The van der Waals surface area contributed by atoms with E-state index in [9.17, 15) is 0 Å². The molecule has 1 spiro atoms. The number of rotatable bonds is 0. The van der Waals surface area contributed by atoms with E-state index >= 15 is 0 Å². The molecule has 1 nitrogen and oxygen atoms in total. The molecule has 1 aliphatic carbocycles. The highest BCUT2D eigenvalue weighted by atomic mass is 15.0. The molecule has 2 rings (SSSR count). The van der Waals surface area contributed by atoms with Crippen LogP contribution in [0, 0.1) is 5.92 Å². The molecule has 0 radical (unpaired) electrons. The third-order valence-corrected chi connectivity index (χ3v) is 2.73. The Hall–Kier alpha value is -0.0400. The van der Waals surface area contributed by atoms with Gasteiger partial charge in [0, 0.05) is 5.54 Å². The molecule has 1 saturated carbocycles. The average Bonchev–Trinajstić information content (AvgIpc) is 2.49. The number of piperidine rings is 1. The van der Waals surface area contributed by atoms with Crippen LogP contribution in [0.15, 0.2) is 0 Å². The zero-order valence-corrected chi connectivity index (χ0v) is 6.11. The van der Waals surface area contributed by atoms with Gasteiger partial charge in [-0.3, -0.25) is 0 Å². The topological polar surface area (TPSA) is 12.0 Å². The third-order valence-electron chi connectivity index (χ3n) is 2.73. The molecule has 0 aromatic carbocycles. The third kappa shape index (κ3) is 0.983. The summed E-state index contributed by atoms with van der Waals surface area (Å²) < 4.78 is 0. The van der Waals surface area contributed by atoms with Crippen molar-refractivity contribution in [3.8, 4) is 0 Å². The fraction of sp³-hybridized carbons (Fsp3) is 1.00. The van der Waals surface area contributed by atoms with Crippen LogP contribution in [0.3, 0.4) is 0 Å². The zero-order chi connectivity index (χ0) is 6.32. The van der Waals surface area contributed by atoms with Gasteiger partial charge in [-0.25, -0.2) is 0 Å². The highest BCUT2D eigenvalue weighted by Crippen LogP contribution is 2.43. The van der Waals surface area contributed by atoms with Crippen LogP contribution in [0.1, 0.15) is 32.6 Å². The van der Waals surface area contributed by atoms with Crippen LogP contribution in [-0.4, -0.2) is 12.1 Å². The van der Waals surface area contributed by atoms with Crippen molar-refractivity contribution >= 4 is 0 Å². The van der Waals surface area contributed by atoms with Crippen molar-refractivity contribution in [2.45, 2.75) is 38.1 Å². The highest BCUT2D eigenvalue weighted by molar-refractivity contribution is 5.04. The van der Waals surface area contributed by atoms with Crippen molar-refractivity contribution in [2.24, 2.45) is 5.92 Å². The zero-order valence-electron chi connectivity index (χ0n) is 6.11. The Morgan fingerprint density at radius 3 is 2.67 bits per heavy atom. The lowest BCUT2D eigenvalue weighted by atomic mass is 9.93. The van der Waals surface area contributed by atoms with E-state index < -0.39 is 0 Å². The summed E-state index contributed by atoms with van der Waals surface area (Å²) >= 11 is 0. The van der Waals surface area contributed by atoms with Gasteiger partial charge in [0.15, 0.2) is 0 Å². The van der Waals surface area contributed by atoms with Gasteiger partial charge in [0.1, 0.15) is 0 Å². The minimum absolute atomic E-state index is 0.650. The Labute approximate surface area is 56.8 Å². The molecule has 0 aromatic rings. The van der Waals surface area contributed by atoms with Crippen LogP contribution in [0.5, 0.6) is 0 Å². The van der Waals surface area contributed by atoms with Crippen molar-refractivity contribution < 1.29 is 0 Å². The first kappa shape index (κ1) is 5.72. The SMILES string of the molecule is C[C@H]1CCNC2(CC2)C1. The van der Waals surface area contributed by atoms with E-state index in [1.54, 1.807) is 0 Å². The smallest absolute Gasteiger partial charge is 0.0185 e. The number of hydrogen-bond donors (Lipinski definition) is 1. The molecule has 0 bridgehead atoms. The van der Waals surface area contributed by atoms with Crippen LogP contribution in [-0.2, 0) is 0 Å². The van der Waals surface area contributed by atoms with Gasteiger partial charge in [-0.15, -0.1) is 0 Å². The van der Waals surface area contributed by atoms with Gasteiger partial charge in [-0.2, -0.15) is 0 Å². The van der Waals surface area contributed by atoms with Crippen molar-refractivity contribution in [3.63, 3.8) is 0 Å². The Balaban J connectivity index is 1.96. The predicted molar refractivity (Wildman–Crippen MR) is 38.4 cm³/mol. The molecule has 1 heteroatoms. The Morgan fingerprint density at radius 1 is 1.44 bits per heavy atom. The van der Waals surface area contributed by atoms with Gasteiger partial charge in [0.05, 0.1) is 0 Å². The summed E-state index contributed by atoms with van der Waals surface area (Å²) in [6.07, 6.45) is 5.71. The van der Waals surface area contributed by atoms with E-state index in [4.69, 9.17) is 0 Å². The van der Waals surface area contributed by atoms with Crippen LogP contribution < -0.4 is 5.32 Å². The summed E-state index contributed by atoms with van der Waals surface area (Å²) in [6, 6.07) is 0. The van der Waals surface area contributed by atoms with Crippen LogP contribution >= 0.6 is 0 Å². The van der Waals surface area contributed by atoms with Crippen LogP contribution in [0.25, 0.3) is 0 Å². The Morgan fingerprint density at radius 2 is 2.22 bits per heavy atom. The monoisotopic (exact) mass is 125 g/mol. The fourth-order valence-corrected chi connectivity index (χ4v) is 1.96. The van der Waals surface area contributed by atoms with Gasteiger partial charge in [-0.05, 0) is 38.1 Å². The molecule has 0 amide bonds. The Kier molecular flexibility index (Phi) is 1.10. The summed E-state index contributed by atoms with van der Waals surface area (Å²) in [6.45, 7) is 3.64. The van der Waals surface area contributed by atoms with E-state index in [1.807, 2.05) is 0 Å². The first-order chi connectivity index (χ1) is 4.31. The van der Waals surface area contributed by atoms with E-state index in [0.29, 0.717) is 5.54 Å². The highest BCUT2D eigenvalue weighted by Gasteiger charge is 2.44. The molecule has 2 fully saturated rings. The molecule has 1 heterocycles. The van der Waals surface area contributed by atoms with E-state index in [1.165, 1.54) is 32.2 Å². The first-order valence-corrected chi connectivity index (χ1v) is 4.06. The molecule has 0 aromatic heterocycles. The summed E-state index contributed by atoms with van der Waals surface area (Å²) in [5.74, 6) is 0.980. The van der Waals surface area contributed by atoms with Gasteiger partial charge in [0.2, 0.25) is 0 Å². The second kappa shape index (κ2) is 1.72. The van der Waals surface area contributed by atoms with Gasteiger partial charge in [0.25, 0.3) is 0 Å². The lowest BCUT2D eigenvalue weighted by Crippen LogP contribution is -2.39. The van der Waals surface area contributed by atoms with Crippen LogP contribution in [0.2, 0.25) is 0 Å². The second-order valence-electron chi connectivity index (χ2n) is 3.81. The fourth-order valence-electron chi connectivity index (χ4n) is 1.96. The lowest BCUT2D eigenvalue weighted by Gasteiger charge is -2.27. The predicted octanol–water partition coefficient (Wildman–Crippen LogP) is 1.54. The average molecular weight is 125 g/mol. The number of hydrogen-bond acceptors (Lipinski definition) is 1. The van der Waals surface area contributed by atoms with Crippen molar-refractivity contribution in [2.75, 3.05) is 6.54 Å². The van der Waals surface area contributed by atoms with Crippen molar-refractivity contribution in [1.29, 1.82) is 0 Å². The van der Waals surface area contributed by atoms with Crippen molar-refractivity contribution in [1.82, 2.24) is 5.32 Å². The maximum atomic E-state index is 3.60. The molecular formula is C8H15N. The van der Waals surface area contributed by atoms with E-state index in [-0.39, 0.29) is 0 Å². The van der Waals surface area contributed by atoms with Gasteiger partial charge in [-0.1, -0.05) is 6.92 Å². The maximum absolute atomic E-state index is 3.60. The summed E-state index contributed by atoms with van der Waals surface area (Å²) in [5, 5.41) is 3.60. The van der Waals surface area contributed by atoms with Crippen molar-refractivity contribution in [3.05, 3.63) is 0 Å². The van der Waals surface area contributed by atoms with E-state index in [0.717, 1.165) is 5.92 Å². The number of nitrogens with one attached hydrogen (secondary N) is 1. The minimum atomic E-state index is 0.650.